The number of aryl methyl sites for hydroxylation is 1. The predicted octanol–water partition coefficient (Wildman–Crippen LogP) is 0.604. The van der Waals surface area contributed by atoms with Gasteiger partial charge >= 0.3 is 11.1 Å². The van der Waals surface area contributed by atoms with E-state index < -0.39 is 11.1 Å². The summed E-state index contributed by atoms with van der Waals surface area (Å²) in [7, 11) is 1.59. The fraction of sp³-hybridized carbons (Fsp3) is 0.300. The van der Waals surface area contributed by atoms with E-state index in [0.717, 1.165) is 11.8 Å². The molecule has 0 aromatic carbocycles. The molecule has 2 rings (SSSR count). The number of H-pyrrole nitrogens is 1. The van der Waals surface area contributed by atoms with E-state index in [1.165, 1.54) is 4.68 Å². The summed E-state index contributed by atoms with van der Waals surface area (Å²) in [6.45, 7) is 2.63. The van der Waals surface area contributed by atoms with Crippen molar-refractivity contribution in [3.05, 3.63) is 31.4 Å². The summed E-state index contributed by atoms with van der Waals surface area (Å²) < 4.78 is 2.04. The smallest absolute Gasteiger partial charge is 0.339 e. The molecule has 2 heterocycles. The standard InChI is InChI=1S/C10H11BrN6O2S/c1-3-12-9-13-4-5(11)8(15-9)20-10-14-6(18)7(19)16-17(10)2/h4H,3H2,1-2H3,(H,16,19)(H,12,13,15). The highest BCUT2D eigenvalue weighted by Gasteiger charge is 2.11. The van der Waals surface area contributed by atoms with Gasteiger partial charge in [0.15, 0.2) is 5.16 Å². The summed E-state index contributed by atoms with van der Waals surface area (Å²) >= 11 is 4.48. The third-order valence-electron chi connectivity index (χ3n) is 2.18. The van der Waals surface area contributed by atoms with Gasteiger partial charge in [-0.2, -0.15) is 4.98 Å². The molecule has 2 aromatic rings. The molecule has 0 saturated heterocycles. The highest BCUT2D eigenvalue weighted by atomic mass is 79.9. The Morgan fingerprint density at radius 2 is 2.20 bits per heavy atom. The number of halogens is 1. The van der Waals surface area contributed by atoms with Crippen molar-refractivity contribution in [1.82, 2.24) is 24.7 Å². The van der Waals surface area contributed by atoms with Crippen LogP contribution in [-0.2, 0) is 7.05 Å². The third kappa shape index (κ3) is 3.25. The maximum atomic E-state index is 11.3. The van der Waals surface area contributed by atoms with Crippen LogP contribution in [0.1, 0.15) is 6.92 Å². The zero-order valence-electron chi connectivity index (χ0n) is 10.7. The van der Waals surface area contributed by atoms with E-state index in [4.69, 9.17) is 0 Å². The second kappa shape index (κ2) is 6.18. The zero-order chi connectivity index (χ0) is 14.7. The van der Waals surface area contributed by atoms with E-state index in [2.05, 4.69) is 41.3 Å². The molecule has 0 unspecified atom stereocenters. The Labute approximate surface area is 126 Å². The van der Waals surface area contributed by atoms with Crippen LogP contribution in [0.2, 0.25) is 0 Å². The number of nitrogens with one attached hydrogen (secondary N) is 2. The summed E-state index contributed by atoms with van der Waals surface area (Å²) in [6.07, 6.45) is 1.61. The van der Waals surface area contributed by atoms with Gasteiger partial charge in [0.1, 0.15) is 5.03 Å². The molecule has 20 heavy (non-hydrogen) atoms. The predicted molar refractivity (Wildman–Crippen MR) is 78.1 cm³/mol. The van der Waals surface area contributed by atoms with Crippen molar-refractivity contribution in [2.24, 2.45) is 7.05 Å². The second-order valence-electron chi connectivity index (χ2n) is 3.68. The Morgan fingerprint density at radius 3 is 2.90 bits per heavy atom. The largest absolute Gasteiger partial charge is 0.354 e. The first-order valence-corrected chi connectivity index (χ1v) is 7.23. The fourth-order valence-electron chi connectivity index (χ4n) is 1.30. The Bertz CT molecular complexity index is 743. The Balaban J connectivity index is 2.39. The molecule has 2 N–H and O–H groups in total. The Morgan fingerprint density at radius 1 is 1.45 bits per heavy atom. The molecule has 0 atom stereocenters. The lowest BCUT2D eigenvalue weighted by Crippen LogP contribution is -2.33. The zero-order valence-corrected chi connectivity index (χ0v) is 13.1. The lowest BCUT2D eigenvalue weighted by Gasteiger charge is -2.08. The molecule has 0 aliphatic carbocycles. The van der Waals surface area contributed by atoms with Crippen LogP contribution in [0.4, 0.5) is 5.95 Å². The van der Waals surface area contributed by atoms with Gasteiger partial charge in [0.25, 0.3) is 0 Å². The van der Waals surface area contributed by atoms with Crippen LogP contribution >= 0.6 is 27.7 Å². The summed E-state index contributed by atoms with van der Waals surface area (Å²) in [4.78, 5) is 34.5. The summed E-state index contributed by atoms with van der Waals surface area (Å²) in [6, 6.07) is 0. The van der Waals surface area contributed by atoms with E-state index >= 15 is 0 Å². The quantitative estimate of drug-likeness (QED) is 0.608. The van der Waals surface area contributed by atoms with Gasteiger partial charge in [-0.25, -0.2) is 9.97 Å². The van der Waals surface area contributed by atoms with Crippen LogP contribution < -0.4 is 16.4 Å². The average molecular weight is 359 g/mol. The van der Waals surface area contributed by atoms with Gasteiger partial charge in [-0.1, -0.05) is 0 Å². The van der Waals surface area contributed by atoms with E-state index in [0.29, 0.717) is 27.1 Å². The van der Waals surface area contributed by atoms with Crippen LogP contribution in [0.15, 0.2) is 30.4 Å². The van der Waals surface area contributed by atoms with Crippen LogP contribution in [0.5, 0.6) is 0 Å². The minimum absolute atomic E-state index is 0.330. The van der Waals surface area contributed by atoms with E-state index in [-0.39, 0.29) is 0 Å². The summed E-state index contributed by atoms with van der Waals surface area (Å²) in [5, 5.41) is 6.29. The highest BCUT2D eigenvalue weighted by molar-refractivity contribution is 9.10. The van der Waals surface area contributed by atoms with Crippen LogP contribution in [0.25, 0.3) is 0 Å². The second-order valence-corrected chi connectivity index (χ2v) is 5.49. The summed E-state index contributed by atoms with van der Waals surface area (Å²) in [5.41, 5.74) is -1.59. The minimum atomic E-state index is -0.831. The topological polar surface area (TPSA) is 106 Å². The van der Waals surface area contributed by atoms with E-state index in [1.54, 1.807) is 13.2 Å². The molecule has 106 valence electrons. The van der Waals surface area contributed by atoms with Crippen molar-refractivity contribution in [3.63, 3.8) is 0 Å². The molecule has 2 aromatic heterocycles. The number of aromatic amines is 1. The van der Waals surface area contributed by atoms with Gasteiger partial charge in [-0.05, 0) is 34.6 Å². The lowest BCUT2D eigenvalue weighted by molar-refractivity contribution is 0.596. The molecule has 0 saturated carbocycles. The number of hydrogen-bond donors (Lipinski definition) is 2. The number of nitrogens with zero attached hydrogens (tertiary/aromatic N) is 4. The van der Waals surface area contributed by atoms with Gasteiger partial charge in [-0.15, -0.1) is 0 Å². The number of aromatic nitrogens is 5. The van der Waals surface area contributed by atoms with Crippen molar-refractivity contribution >= 4 is 33.6 Å². The number of hydrogen-bond acceptors (Lipinski definition) is 7. The van der Waals surface area contributed by atoms with Crippen molar-refractivity contribution in [1.29, 1.82) is 0 Å². The SMILES string of the molecule is CCNc1ncc(Br)c(Sc2nc(=O)c(=O)[nH]n2C)n1. The minimum Gasteiger partial charge on any atom is -0.354 e. The lowest BCUT2D eigenvalue weighted by atomic mass is 10.6. The van der Waals surface area contributed by atoms with Gasteiger partial charge in [0.05, 0.1) is 4.47 Å². The monoisotopic (exact) mass is 358 g/mol. The van der Waals surface area contributed by atoms with Gasteiger partial charge in [0, 0.05) is 19.8 Å². The third-order valence-corrected chi connectivity index (χ3v) is 4.08. The highest BCUT2D eigenvalue weighted by Crippen LogP contribution is 2.29. The van der Waals surface area contributed by atoms with Crippen molar-refractivity contribution in [2.75, 3.05) is 11.9 Å². The van der Waals surface area contributed by atoms with Gasteiger partial charge in [0.2, 0.25) is 5.95 Å². The molecule has 0 fully saturated rings. The molecular weight excluding hydrogens is 348 g/mol. The molecule has 0 bridgehead atoms. The Hall–Kier alpha value is -1.68. The molecule has 0 radical (unpaired) electrons. The molecule has 0 spiro atoms. The first-order chi connectivity index (χ1) is 9.51. The maximum Gasteiger partial charge on any atom is 0.339 e. The van der Waals surface area contributed by atoms with Crippen LogP contribution in [-0.4, -0.2) is 31.3 Å². The van der Waals surface area contributed by atoms with E-state index in [9.17, 15) is 9.59 Å². The van der Waals surface area contributed by atoms with Gasteiger partial charge < -0.3 is 5.32 Å². The number of rotatable bonds is 4. The molecule has 8 nitrogen and oxygen atoms in total. The first kappa shape index (κ1) is 14.7. The normalized spacial score (nSPS) is 10.6. The number of anilines is 1. The molecular formula is C10H11BrN6O2S. The molecule has 0 aliphatic rings. The fourth-order valence-corrected chi connectivity index (χ4v) is 2.50. The van der Waals surface area contributed by atoms with Crippen molar-refractivity contribution in [3.8, 4) is 0 Å². The average Bonchev–Trinajstić information content (AvgIpc) is 2.40. The van der Waals surface area contributed by atoms with E-state index in [1.807, 2.05) is 6.92 Å². The molecule has 10 heteroatoms. The molecule has 0 aliphatic heterocycles. The Kier molecular flexibility index (Phi) is 4.55. The van der Waals surface area contributed by atoms with Crippen molar-refractivity contribution < 1.29 is 0 Å². The first-order valence-electron chi connectivity index (χ1n) is 5.63. The summed E-state index contributed by atoms with van der Waals surface area (Å²) in [5.74, 6) is 0.479. The van der Waals surface area contributed by atoms with Crippen LogP contribution in [0.3, 0.4) is 0 Å². The molecule has 0 amide bonds. The van der Waals surface area contributed by atoms with Crippen molar-refractivity contribution in [2.45, 2.75) is 17.1 Å². The maximum absolute atomic E-state index is 11.3. The van der Waals surface area contributed by atoms with Gasteiger partial charge in [-0.3, -0.25) is 19.4 Å². The van der Waals surface area contributed by atoms with Crippen LogP contribution in [0, 0.1) is 0 Å².